The first kappa shape index (κ1) is 70.6. The maximum atomic E-state index is 14.4. The molecule has 20 nitrogen and oxygen atoms in total. The average molecular weight is 1200 g/mol. The standard InChI is InChI=1S/C37H44F21N5O15/c38-28(39,29(40,41)30(42,43)31(44,45)32(46,47)33(48,49)34(50,51)35(52,53)36(54,55)37(56,57)58)1-10-78-19-21(65)59-11-20(64)12-60-2-4-61(13-22(66)67,14-23(68)69)6-8-63(17-26(74)75,18-27(76)77)9-7-62(5-3-60,15-24(70)71)16-25(72)73/h20,64H,1-19H2,(H4-3,59,65,66,67,68,69,70,71,72,73,74,75,76,77)/p+3. The van der Waals surface area contributed by atoms with Crippen LogP contribution in [0.1, 0.15) is 6.42 Å². The smallest absolute Gasteiger partial charge is 0.460 e. The fourth-order valence-electron chi connectivity index (χ4n) is 7.78. The second kappa shape index (κ2) is 24.5. The van der Waals surface area contributed by atoms with Crippen LogP contribution in [0.15, 0.2) is 0 Å². The van der Waals surface area contributed by atoms with E-state index < -0.39 is 245 Å². The number of rotatable bonds is 29. The van der Waals surface area contributed by atoms with Crippen LogP contribution in [0, 0.1) is 0 Å². The van der Waals surface area contributed by atoms with E-state index in [9.17, 15) is 162 Å². The van der Waals surface area contributed by atoms with Crippen molar-refractivity contribution in [3.8, 4) is 0 Å². The number of quaternary nitrogens is 3. The van der Waals surface area contributed by atoms with E-state index in [4.69, 9.17) is 0 Å². The van der Waals surface area contributed by atoms with Crippen molar-refractivity contribution < 1.29 is 180 Å². The zero-order chi connectivity index (χ0) is 61.5. The van der Waals surface area contributed by atoms with Gasteiger partial charge >= 0.3 is 95.3 Å². The summed E-state index contributed by atoms with van der Waals surface area (Å²) in [4.78, 5) is 86.0. The summed E-state index contributed by atoms with van der Waals surface area (Å²) in [7, 11) is 0. The second-order valence-electron chi connectivity index (χ2n) is 18.0. The Labute approximate surface area is 421 Å². The van der Waals surface area contributed by atoms with E-state index in [1.165, 1.54) is 0 Å². The van der Waals surface area contributed by atoms with Crippen LogP contribution < -0.4 is 5.32 Å². The van der Waals surface area contributed by atoms with E-state index in [2.05, 4.69) is 4.74 Å². The van der Waals surface area contributed by atoms with Crippen LogP contribution in [0.3, 0.4) is 0 Å². The topological polar surface area (TPSA) is 286 Å². The van der Waals surface area contributed by atoms with Crippen LogP contribution in [0.25, 0.3) is 0 Å². The Kier molecular flexibility index (Phi) is 22.2. The lowest BCUT2D eigenvalue weighted by Gasteiger charge is -2.45. The second-order valence-corrected chi connectivity index (χ2v) is 18.0. The van der Waals surface area contributed by atoms with Gasteiger partial charge in [-0.3, -0.25) is 23.1 Å². The molecule has 1 heterocycles. The number of aliphatic carboxylic acids is 6. The van der Waals surface area contributed by atoms with Crippen molar-refractivity contribution in [2.75, 3.05) is 118 Å². The lowest BCUT2D eigenvalue weighted by molar-refractivity contribution is -0.990. The summed E-state index contributed by atoms with van der Waals surface area (Å²) in [5.41, 5.74) is 0. The van der Waals surface area contributed by atoms with Crippen LogP contribution >= 0.6 is 0 Å². The van der Waals surface area contributed by atoms with Crippen molar-refractivity contribution in [1.82, 2.24) is 10.2 Å². The molecule has 0 aromatic heterocycles. The van der Waals surface area contributed by atoms with E-state index in [0.717, 1.165) is 4.90 Å². The average Bonchev–Trinajstić information content (AvgIpc) is 3.24. The largest absolute Gasteiger partial charge is 0.477 e. The maximum absolute atomic E-state index is 14.4. The molecule has 0 saturated carbocycles. The van der Waals surface area contributed by atoms with E-state index in [1.54, 1.807) is 5.32 Å². The van der Waals surface area contributed by atoms with Crippen LogP contribution in [-0.2, 0) is 38.3 Å². The van der Waals surface area contributed by atoms with Crippen molar-refractivity contribution >= 4 is 41.7 Å². The lowest BCUT2D eigenvalue weighted by atomic mass is 9.86. The highest BCUT2D eigenvalue weighted by Gasteiger charge is 2.97. The normalized spacial score (nSPS) is 18.4. The Balaban J connectivity index is 3.43. The first-order chi connectivity index (χ1) is 34.7. The Morgan fingerprint density at radius 1 is 0.436 bits per heavy atom. The van der Waals surface area contributed by atoms with Gasteiger partial charge in [0.2, 0.25) is 5.91 Å². The number of β-amino-alcohol motifs (C(OH)–C–C–N with tert-alkyl or cyclic N) is 1. The molecule has 78 heavy (non-hydrogen) atoms. The van der Waals surface area contributed by atoms with Crippen LogP contribution in [0.4, 0.5) is 92.2 Å². The molecule has 8 N–H and O–H groups in total. The summed E-state index contributed by atoms with van der Waals surface area (Å²) >= 11 is 0. The summed E-state index contributed by atoms with van der Waals surface area (Å²) in [5, 5.41) is 71.3. The maximum Gasteiger partial charge on any atom is 0.460 e. The minimum absolute atomic E-state index is 0.542. The van der Waals surface area contributed by atoms with Crippen molar-refractivity contribution in [2.45, 2.75) is 72.0 Å². The zero-order valence-corrected chi connectivity index (χ0v) is 39.1. The molecule has 1 atom stereocenters. The number of nitrogens with one attached hydrogen (secondary N) is 1. The number of aliphatic hydroxyl groups excluding tert-OH is 1. The van der Waals surface area contributed by atoms with Gasteiger partial charge in [0.1, 0.15) is 32.8 Å². The van der Waals surface area contributed by atoms with E-state index in [1.807, 2.05) is 0 Å². The molecule has 1 rings (SSSR count). The Morgan fingerprint density at radius 2 is 0.705 bits per heavy atom. The molecule has 1 fully saturated rings. The fraction of sp³-hybridized carbons (Fsp3) is 0.811. The third-order valence-corrected chi connectivity index (χ3v) is 12.1. The highest BCUT2D eigenvalue weighted by atomic mass is 19.4. The number of aliphatic hydroxyl groups is 1. The number of carboxylic acids is 6. The lowest BCUT2D eigenvalue weighted by Crippen LogP contribution is -2.76. The van der Waals surface area contributed by atoms with E-state index >= 15 is 0 Å². The Bertz CT molecular complexity index is 2070. The Morgan fingerprint density at radius 3 is 0.987 bits per heavy atom. The predicted octanol–water partition coefficient (Wildman–Crippen LogP) is 2.42. The number of ether oxygens (including phenoxy) is 1. The molecule has 0 aliphatic carbocycles. The zero-order valence-electron chi connectivity index (χ0n) is 39.1. The minimum atomic E-state index is -9.36. The monoisotopic (exact) mass is 1200 g/mol. The molecular formula is C37H47F21N5O15+3. The van der Waals surface area contributed by atoms with Gasteiger partial charge < -0.3 is 45.8 Å². The summed E-state index contributed by atoms with van der Waals surface area (Å²) in [6.07, 6.45) is -13.2. The van der Waals surface area contributed by atoms with Crippen molar-refractivity contribution in [1.29, 1.82) is 0 Å². The van der Waals surface area contributed by atoms with Crippen molar-refractivity contribution in [2.24, 2.45) is 0 Å². The molecule has 1 aliphatic rings. The van der Waals surface area contributed by atoms with Crippen LogP contribution in [0.2, 0.25) is 0 Å². The van der Waals surface area contributed by atoms with Gasteiger partial charge in [0.15, 0.2) is 39.3 Å². The van der Waals surface area contributed by atoms with Gasteiger partial charge in [-0.05, 0) is 0 Å². The predicted molar refractivity (Wildman–Crippen MR) is 206 cm³/mol. The van der Waals surface area contributed by atoms with Gasteiger partial charge in [0, 0.05) is 32.6 Å². The number of nitrogens with zero attached hydrogens (tertiary/aromatic N) is 4. The van der Waals surface area contributed by atoms with Gasteiger partial charge in [-0.1, -0.05) is 0 Å². The molecule has 1 unspecified atom stereocenters. The molecule has 0 aromatic rings. The number of carbonyl (C=O) groups excluding carboxylic acids is 1. The number of carboxylic acid groups (broad SMARTS) is 6. The number of hydrogen-bond donors (Lipinski definition) is 8. The molecule has 1 aliphatic heterocycles. The quantitative estimate of drug-likeness (QED) is 0.0303. The number of amides is 1. The fourth-order valence-corrected chi connectivity index (χ4v) is 7.78. The summed E-state index contributed by atoms with van der Waals surface area (Å²) in [5.74, 6) is -90.4. The summed E-state index contributed by atoms with van der Waals surface area (Å²) in [6.45, 7) is -16.9. The first-order valence-electron chi connectivity index (χ1n) is 21.3. The number of hydrogen-bond acceptors (Lipinski definition) is 10. The first-order valence-corrected chi connectivity index (χ1v) is 21.3. The third kappa shape index (κ3) is 15.5. The highest BCUT2D eigenvalue weighted by molar-refractivity contribution is 5.77. The Hall–Kier alpha value is -5.42. The number of halogens is 21. The van der Waals surface area contributed by atoms with Crippen LogP contribution in [0.5, 0.6) is 0 Å². The number of alkyl halides is 21. The molecule has 41 heteroatoms. The van der Waals surface area contributed by atoms with E-state index in [-0.39, 0.29) is 0 Å². The molecule has 0 aromatic carbocycles. The van der Waals surface area contributed by atoms with Gasteiger partial charge in [-0.15, -0.1) is 0 Å². The third-order valence-electron chi connectivity index (χ3n) is 12.1. The summed E-state index contributed by atoms with van der Waals surface area (Å²) < 4.78 is 289. The molecular weight excluding hydrogens is 1150 g/mol. The van der Waals surface area contributed by atoms with Gasteiger partial charge in [0.05, 0.1) is 25.8 Å². The molecule has 1 amide bonds. The molecule has 454 valence electrons. The van der Waals surface area contributed by atoms with Gasteiger partial charge in [0.25, 0.3) is 0 Å². The molecule has 0 radical (unpaired) electrons. The van der Waals surface area contributed by atoms with Crippen molar-refractivity contribution in [3.05, 3.63) is 0 Å². The SMILES string of the molecule is O=C(O)C[N+]1(CC(=O)O)CCN(CC(O)CNC(=O)COCCC(F)(F)C(F)(F)C(F)(F)C(F)(F)C(F)(F)C(F)(F)C(F)(F)C(F)(F)C(F)(F)C(F)(F)F)CC[N+](CC(=O)O)(CC(=O)O)CC[N+](CC(=O)O)(CC(=O)O)CC1. The van der Waals surface area contributed by atoms with Crippen LogP contribution in [-0.4, -0.2) is 279 Å². The van der Waals surface area contributed by atoms with Crippen molar-refractivity contribution in [3.63, 3.8) is 0 Å². The molecule has 1 saturated heterocycles. The molecule has 0 spiro atoms. The van der Waals surface area contributed by atoms with Gasteiger partial charge in [-0.25, -0.2) is 28.8 Å². The van der Waals surface area contributed by atoms with E-state index in [0.29, 0.717) is 0 Å². The molecule has 0 bridgehead atoms. The number of carbonyl (C=O) groups is 7. The highest BCUT2D eigenvalue weighted by Crippen LogP contribution is 2.66. The van der Waals surface area contributed by atoms with Gasteiger partial charge in [-0.2, -0.15) is 92.2 Å². The minimum Gasteiger partial charge on any atom is -0.477 e. The summed E-state index contributed by atoms with van der Waals surface area (Å²) in [6, 6.07) is 0.